The molecule has 4 aromatic carbocycles. The number of fused-ring (bicyclic) bond motifs is 7. The molecule has 10 rings (SSSR count). The first-order chi connectivity index (χ1) is 24.9. The summed E-state index contributed by atoms with van der Waals surface area (Å²) in [6.07, 6.45) is 3.38. The molecule has 0 N–H and O–H groups in total. The summed E-state index contributed by atoms with van der Waals surface area (Å²) in [5.74, 6) is 0. The lowest BCUT2D eigenvalue weighted by atomic mass is 9.98. The lowest BCUT2D eigenvalue weighted by Gasteiger charge is -2.10. The number of nitrogens with zero attached hydrogens (tertiary/aromatic N) is 3. The number of benzene rings is 4. The summed E-state index contributed by atoms with van der Waals surface area (Å²) in [6.45, 7) is 1.94. The maximum Gasteiger partial charge on any atom is 0.346 e. The molecule has 9 heteroatoms. The van der Waals surface area contributed by atoms with Crippen LogP contribution in [0.2, 0.25) is 0 Å². The third-order valence-corrected chi connectivity index (χ3v) is 12.0. The molecule has 0 spiro atoms. The Balaban J connectivity index is 0.966. The van der Waals surface area contributed by atoms with Crippen molar-refractivity contribution in [3.63, 3.8) is 0 Å². The van der Waals surface area contributed by atoms with Crippen molar-refractivity contribution in [2.45, 2.75) is 6.92 Å². The van der Waals surface area contributed by atoms with Crippen LogP contribution < -0.4 is 11.3 Å². The fraction of sp³-hybridized carbons (Fsp3) is 0.0476. The molecule has 6 aromatic heterocycles. The van der Waals surface area contributed by atoms with Gasteiger partial charge in [0.15, 0.2) is 0 Å². The lowest BCUT2D eigenvalue weighted by Crippen LogP contribution is -2.07. The first-order valence-electron chi connectivity index (χ1n) is 16.3. The molecule has 0 fully saturated rings. The van der Waals surface area contributed by atoms with Crippen molar-refractivity contribution in [3.05, 3.63) is 142 Å². The van der Waals surface area contributed by atoms with Gasteiger partial charge in [-0.05, 0) is 65.0 Å². The lowest BCUT2D eigenvalue weighted by molar-refractivity contribution is 0.562. The number of aromatic nitrogens is 3. The van der Waals surface area contributed by atoms with E-state index in [1.807, 2.05) is 103 Å². The summed E-state index contributed by atoms with van der Waals surface area (Å²) in [7, 11) is 1.98. The molecular weight excluding hydrogens is 675 g/mol. The van der Waals surface area contributed by atoms with Gasteiger partial charge in [0, 0.05) is 32.6 Å². The normalized spacial score (nSPS) is 11.9. The predicted octanol–water partition coefficient (Wildman–Crippen LogP) is 10.6. The Morgan fingerprint density at radius 1 is 0.627 bits per heavy atom. The minimum atomic E-state index is -0.430. The molecule has 7 nitrogen and oxygen atoms in total. The van der Waals surface area contributed by atoms with Gasteiger partial charge in [0.2, 0.25) is 0 Å². The third-order valence-electron chi connectivity index (χ3n) is 9.69. The van der Waals surface area contributed by atoms with Crippen LogP contribution in [0.25, 0.3) is 96.5 Å². The van der Waals surface area contributed by atoms with Crippen LogP contribution in [0.5, 0.6) is 0 Å². The number of rotatable bonds is 4. The minimum Gasteiger partial charge on any atom is -0.422 e. The second-order valence-corrected chi connectivity index (χ2v) is 14.8. The summed E-state index contributed by atoms with van der Waals surface area (Å²) >= 11 is 3.33. The number of aryl methyl sites for hydroxylation is 1. The van der Waals surface area contributed by atoms with E-state index in [0.29, 0.717) is 28.0 Å². The topological polar surface area (TPSA) is 91.1 Å². The SMILES string of the molecule is Cc1c(-c2cnc(-c3cc4sc(-c5ccc(-c6cc7ccc8ccccc8c7oc6=O)n5C)cc4s3)cn2)c(=O)oc2ccc3ccccc3c12. The fourth-order valence-electron chi connectivity index (χ4n) is 7.18. The first-order valence-corrected chi connectivity index (χ1v) is 18.0. The third kappa shape index (κ3) is 4.62. The van der Waals surface area contributed by atoms with E-state index in [1.54, 1.807) is 35.1 Å². The van der Waals surface area contributed by atoms with Crippen molar-refractivity contribution in [1.29, 1.82) is 0 Å². The molecule has 0 atom stereocenters. The standard InChI is InChI=1S/C42H25N3O4S2/c1-22-38-26-9-5-3-7-23(26)13-16-33(38)48-42(47)39(22)30-21-43-29(20-44-30)34-18-36-37(50-34)19-35(51-36)32-15-14-31(45(32)2)28-17-25-12-11-24-8-4-6-10-27(24)40(25)49-41(28)46/h3-21H,1-2H3. The van der Waals surface area contributed by atoms with Crippen LogP contribution in [-0.2, 0) is 7.05 Å². The quantitative estimate of drug-likeness (QED) is 0.134. The molecule has 0 aliphatic carbocycles. The monoisotopic (exact) mass is 699 g/mol. The van der Waals surface area contributed by atoms with E-state index < -0.39 is 5.63 Å². The Labute approximate surface area is 297 Å². The highest BCUT2D eigenvalue weighted by Gasteiger charge is 2.20. The van der Waals surface area contributed by atoms with E-state index in [1.165, 1.54) is 0 Å². The van der Waals surface area contributed by atoms with Crippen LogP contribution >= 0.6 is 22.7 Å². The number of thiophene rings is 2. The molecule has 10 aromatic rings. The van der Waals surface area contributed by atoms with Crippen LogP contribution in [0.15, 0.2) is 134 Å². The van der Waals surface area contributed by atoms with Crippen molar-refractivity contribution < 1.29 is 8.83 Å². The highest BCUT2D eigenvalue weighted by molar-refractivity contribution is 7.31. The van der Waals surface area contributed by atoms with Crippen molar-refractivity contribution in [2.24, 2.45) is 7.05 Å². The van der Waals surface area contributed by atoms with Crippen molar-refractivity contribution in [1.82, 2.24) is 14.5 Å². The molecule has 0 amide bonds. The average Bonchev–Trinajstić information content (AvgIpc) is 3.85. The summed E-state index contributed by atoms with van der Waals surface area (Å²) in [4.78, 5) is 37.9. The van der Waals surface area contributed by atoms with Crippen LogP contribution in [0.1, 0.15) is 5.56 Å². The Kier molecular flexibility index (Phi) is 6.52. The van der Waals surface area contributed by atoms with E-state index in [9.17, 15) is 9.59 Å². The smallest absolute Gasteiger partial charge is 0.346 e. The van der Waals surface area contributed by atoms with E-state index in [-0.39, 0.29) is 5.63 Å². The Hall–Kier alpha value is -6.16. The van der Waals surface area contributed by atoms with E-state index >= 15 is 0 Å². The van der Waals surface area contributed by atoms with Gasteiger partial charge in [-0.15, -0.1) is 22.7 Å². The highest BCUT2D eigenvalue weighted by Crippen LogP contribution is 2.42. The van der Waals surface area contributed by atoms with Crippen LogP contribution in [0.4, 0.5) is 0 Å². The predicted molar refractivity (Wildman–Crippen MR) is 208 cm³/mol. The average molecular weight is 700 g/mol. The van der Waals surface area contributed by atoms with Gasteiger partial charge >= 0.3 is 11.3 Å². The molecule has 6 heterocycles. The van der Waals surface area contributed by atoms with Gasteiger partial charge in [-0.2, -0.15) is 0 Å². The van der Waals surface area contributed by atoms with E-state index in [4.69, 9.17) is 13.8 Å². The van der Waals surface area contributed by atoms with Gasteiger partial charge in [0.25, 0.3) is 0 Å². The summed E-state index contributed by atoms with van der Waals surface area (Å²) in [5.41, 5.74) is 5.17. The molecular formula is C42H25N3O4S2. The van der Waals surface area contributed by atoms with Crippen molar-refractivity contribution in [2.75, 3.05) is 0 Å². The van der Waals surface area contributed by atoms with Gasteiger partial charge < -0.3 is 13.4 Å². The Morgan fingerprint density at radius 3 is 2.08 bits per heavy atom. The van der Waals surface area contributed by atoms with Crippen LogP contribution in [0, 0.1) is 6.92 Å². The van der Waals surface area contributed by atoms with Crippen LogP contribution in [0.3, 0.4) is 0 Å². The second-order valence-electron chi connectivity index (χ2n) is 12.6. The van der Waals surface area contributed by atoms with Crippen molar-refractivity contribution >= 4 is 75.6 Å². The Morgan fingerprint density at radius 2 is 1.27 bits per heavy atom. The van der Waals surface area contributed by atoms with Gasteiger partial charge in [-0.25, -0.2) is 9.59 Å². The van der Waals surface area contributed by atoms with E-state index in [2.05, 4.69) is 23.2 Å². The molecule has 0 unspecified atom stereocenters. The van der Waals surface area contributed by atoms with Crippen LogP contribution in [-0.4, -0.2) is 14.5 Å². The zero-order chi connectivity index (χ0) is 34.4. The molecule has 244 valence electrons. The summed E-state index contributed by atoms with van der Waals surface area (Å²) in [6, 6.07) is 34.1. The maximum atomic E-state index is 13.3. The summed E-state index contributed by atoms with van der Waals surface area (Å²) in [5, 5.41) is 5.85. The zero-order valence-electron chi connectivity index (χ0n) is 27.3. The molecule has 0 saturated carbocycles. The molecule has 0 radical (unpaired) electrons. The first kappa shape index (κ1) is 29.7. The van der Waals surface area contributed by atoms with Crippen molar-refractivity contribution in [3.8, 4) is 43.7 Å². The van der Waals surface area contributed by atoms with Gasteiger partial charge in [0.05, 0.1) is 56.1 Å². The number of hydrogen-bond donors (Lipinski definition) is 0. The summed E-state index contributed by atoms with van der Waals surface area (Å²) < 4.78 is 16.0. The van der Waals surface area contributed by atoms with Gasteiger partial charge in [-0.1, -0.05) is 66.7 Å². The molecule has 0 saturated heterocycles. The second kappa shape index (κ2) is 11.2. The van der Waals surface area contributed by atoms with Gasteiger partial charge in [0.1, 0.15) is 11.2 Å². The fourth-order valence-corrected chi connectivity index (χ4v) is 9.60. The number of hydrogen-bond acceptors (Lipinski definition) is 8. The molecule has 51 heavy (non-hydrogen) atoms. The molecule has 0 aliphatic heterocycles. The molecule has 0 bridgehead atoms. The largest absolute Gasteiger partial charge is 0.422 e. The minimum absolute atomic E-state index is 0.360. The van der Waals surface area contributed by atoms with Gasteiger partial charge in [-0.3, -0.25) is 9.97 Å². The Bertz CT molecular complexity index is 3130. The highest BCUT2D eigenvalue weighted by atomic mass is 32.1. The maximum absolute atomic E-state index is 13.3. The van der Waals surface area contributed by atoms with E-state index in [0.717, 1.165) is 74.1 Å². The zero-order valence-corrected chi connectivity index (χ0v) is 28.9. The molecule has 0 aliphatic rings.